The van der Waals surface area contributed by atoms with Crippen molar-refractivity contribution in [3.63, 3.8) is 0 Å². The third kappa shape index (κ3) is 4.09. The Hall–Kier alpha value is -3.48. The lowest BCUT2D eigenvalue weighted by molar-refractivity contribution is -0.118. The molecule has 146 valence electrons. The van der Waals surface area contributed by atoms with E-state index in [1.54, 1.807) is 37.4 Å². The van der Waals surface area contributed by atoms with Crippen molar-refractivity contribution in [2.75, 3.05) is 26.1 Å². The van der Waals surface area contributed by atoms with Gasteiger partial charge in [-0.3, -0.25) is 4.79 Å². The van der Waals surface area contributed by atoms with Gasteiger partial charge in [-0.2, -0.15) is 0 Å². The number of rotatable bonds is 6. The number of carbonyl (C=O) groups is 1. The first-order valence-corrected chi connectivity index (χ1v) is 8.61. The van der Waals surface area contributed by atoms with Crippen LogP contribution in [-0.4, -0.2) is 26.7 Å². The number of ether oxygens (including phenoxy) is 3. The topological polar surface area (TPSA) is 87.0 Å². The number of hydrogen-bond acceptors (Lipinski definition) is 6. The van der Waals surface area contributed by atoms with E-state index in [1.807, 2.05) is 13.8 Å². The van der Waals surface area contributed by atoms with E-state index in [0.29, 0.717) is 28.5 Å². The Bertz CT molecular complexity index is 1090. The monoisotopic (exact) mass is 383 g/mol. The third-order valence-corrected chi connectivity index (χ3v) is 4.30. The van der Waals surface area contributed by atoms with Gasteiger partial charge in [-0.25, -0.2) is 4.79 Å². The van der Waals surface area contributed by atoms with Crippen LogP contribution in [-0.2, 0) is 4.79 Å². The summed E-state index contributed by atoms with van der Waals surface area (Å²) in [7, 11) is 3.08. The van der Waals surface area contributed by atoms with Crippen LogP contribution >= 0.6 is 0 Å². The molecule has 1 amide bonds. The molecule has 0 aliphatic heterocycles. The smallest absolute Gasteiger partial charge is 0.336 e. The molecule has 7 heteroatoms. The van der Waals surface area contributed by atoms with E-state index in [4.69, 9.17) is 18.6 Å². The first kappa shape index (κ1) is 19.3. The highest BCUT2D eigenvalue weighted by Gasteiger charge is 2.12. The molecule has 1 heterocycles. The van der Waals surface area contributed by atoms with Crippen molar-refractivity contribution in [3.05, 3.63) is 57.9 Å². The standard InChI is InChI=1S/C21H21NO6/c1-12-8-21(24)28-17-9-14(5-6-15(12)17)27-11-20(23)22-16-10-19(26-4)18(25-3)7-13(16)2/h5-10H,11H2,1-4H3,(H,22,23). The van der Waals surface area contributed by atoms with Crippen molar-refractivity contribution in [2.45, 2.75) is 13.8 Å². The van der Waals surface area contributed by atoms with E-state index < -0.39 is 5.63 Å². The summed E-state index contributed by atoms with van der Waals surface area (Å²) in [5.74, 6) is 1.20. The van der Waals surface area contributed by atoms with E-state index in [1.165, 1.54) is 13.2 Å². The molecular weight excluding hydrogens is 362 g/mol. The first-order valence-electron chi connectivity index (χ1n) is 8.61. The number of benzene rings is 2. The van der Waals surface area contributed by atoms with Crippen LogP contribution < -0.4 is 25.2 Å². The van der Waals surface area contributed by atoms with Crippen molar-refractivity contribution < 1.29 is 23.4 Å². The summed E-state index contributed by atoms with van der Waals surface area (Å²) in [6.45, 7) is 3.49. The van der Waals surface area contributed by atoms with Crippen molar-refractivity contribution in [1.82, 2.24) is 0 Å². The van der Waals surface area contributed by atoms with Crippen LogP contribution in [0.25, 0.3) is 11.0 Å². The lowest BCUT2D eigenvalue weighted by Gasteiger charge is -2.14. The minimum absolute atomic E-state index is 0.199. The number of carbonyl (C=O) groups excluding carboxylic acids is 1. The fourth-order valence-corrected chi connectivity index (χ4v) is 2.85. The molecule has 0 fully saturated rings. The Morgan fingerprint density at radius 2 is 1.71 bits per heavy atom. The first-order chi connectivity index (χ1) is 13.4. The van der Waals surface area contributed by atoms with Gasteiger partial charge in [0.15, 0.2) is 18.1 Å². The number of hydrogen-bond donors (Lipinski definition) is 1. The summed E-state index contributed by atoms with van der Waals surface area (Å²) >= 11 is 0. The summed E-state index contributed by atoms with van der Waals surface area (Å²) in [6.07, 6.45) is 0. The van der Waals surface area contributed by atoms with Crippen molar-refractivity contribution >= 4 is 22.6 Å². The molecule has 0 atom stereocenters. The lowest BCUT2D eigenvalue weighted by Crippen LogP contribution is -2.20. The summed E-state index contributed by atoms with van der Waals surface area (Å²) < 4.78 is 21.2. The van der Waals surface area contributed by atoms with Crippen LogP contribution in [0.1, 0.15) is 11.1 Å². The van der Waals surface area contributed by atoms with Crippen LogP contribution in [0.15, 0.2) is 45.6 Å². The zero-order valence-corrected chi connectivity index (χ0v) is 16.1. The molecule has 0 saturated carbocycles. The largest absolute Gasteiger partial charge is 0.493 e. The maximum absolute atomic E-state index is 12.3. The van der Waals surface area contributed by atoms with Crippen molar-refractivity contribution in [2.24, 2.45) is 0 Å². The average Bonchev–Trinajstić information content (AvgIpc) is 2.67. The van der Waals surface area contributed by atoms with Gasteiger partial charge < -0.3 is 23.9 Å². The van der Waals surface area contributed by atoms with Crippen LogP contribution in [0.4, 0.5) is 5.69 Å². The second-order valence-corrected chi connectivity index (χ2v) is 6.27. The summed E-state index contributed by atoms with van der Waals surface area (Å²) in [4.78, 5) is 23.8. The van der Waals surface area contributed by atoms with E-state index in [2.05, 4.69) is 5.32 Å². The van der Waals surface area contributed by atoms with Crippen molar-refractivity contribution in [1.29, 1.82) is 0 Å². The predicted molar refractivity (Wildman–Crippen MR) is 106 cm³/mol. The molecule has 0 radical (unpaired) electrons. The summed E-state index contributed by atoms with van der Waals surface area (Å²) in [5.41, 5.74) is 2.24. The number of aryl methyl sites for hydroxylation is 2. The van der Waals surface area contributed by atoms with Gasteiger partial charge in [-0.15, -0.1) is 0 Å². The molecule has 0 saturated heterocycles. The second kappa shape index (κ2) is 8.04. The van der Waals surface area contributed by atoms with Crippen LogP contribution in [0.2, 0.25) is 0 Å². The number of nitrogens with one attached hydrogen (secondary N) is 1. The number of anilines is 1. The molecule has 1 aromatic heterocycles. The lowest BCUT2D eigenvalue weighted by atomic mass is 10.1. The minimum atomic E-state index is -0.427. The van der Waals surface area contributed by atoms with E-state index in [-0.39, 0.29) is 12.5 Å². The molecule has 0 spiro atoms. The van der Waals surface area contributed by atoms with Gasteiger partial charge in [0.1, 0.15) is 11.3 Å². The van der Waals surface area contributed by atoms with Crippen molar-refractivity contribution in [3.8, 4) is 17.2 Å². The predicted octanol–water partition coefficient (Wildman–Crippen LogP) is 3.44. The van der Waals surface area contributed by atoms with E-state index >= 15 is 0 Å². The molecule has 0 aliphatic rings. The van der Waals surface area contributed by atoms with Gasteiger partial charge >= 0.3 is 5.63 Å². The van der Waals surface area contributed by atoms with E-state index in [0.717, 1.165) is 16.5 Å². The Morgan fingerprint density at radius 1 is 1.00 bits per heavy atom. The van der Waals surface area contributed by atoms with Gasteiger partial charge in [-0.05, 0) is 43.2 Å². The van der Waals surface area contributed by atoms with Crippen LogP contribution in [0.3, 0.4) is 0 Å². The number of methoxy groups -OCH3 is 2. The van der Waals surface area contributed by atoms with Crippen LogP contribution in [0, 0.1) is 13.8 Å². The third-order valence-electron chi connectivity index (χ3n) is 4.30. The van der Waals surface area contributed by atoms with Gasteiger partial charge in [0.2, 0.25) is 0 Å². The second-order valence-electron chi connectivity index (χ2n) is 6.27. The number of amides is 1. The SMILES string of the molecule is COc1cc(C)c(NC(=O)COc2ccc3c(C)cc(=O)oc3c2)cc1OC. The molecule has 7 nitrogen and oxygen atoms in total. The Morgan fingerprint density at radius 3 is 2.43 bits per heavy atom. The fourth-order valence-electron chi connectivity index (χ4n) is 2.85. The highest BCUT2D eigenvalue weighted by atomic mass is 16.5. The maximum Gasteiger partial charge on any atom is 0.336 e. The van der Waals surface area contributed by atoms with Gasteiger partial charge in [0, 0.05) is 29.3 Å². The molecule has 2 aromatic carbocycles. The highest BCUT2D eigenvalue weighted by Crippen LogP contribution is 2.32. The van der Waals surface area contributed by atoms with Gasteiger partial charge in [-0.1, -0.05) is 0 Å². The van der Waals surface area contributed by atoms with E-state index in [9.17, 15) is 9.59 Å². The molecule has 3 aromatic rings. The van der Waals surface area contributed by atoms with Gasteiger partial charge in [0.25, 0.3) is 5.91 Å². The fraction of sp³-hybridized carbons (Fsp3) is 0.238. The molecule has 1 N–H and O–H groups in total. The Labute approximate surface area is 161 Å². The normalized spacial score (nSPS) is 10.6. The Balaban J connectivity index is 1.71. The maximum atomic E-state index is 12.3. The quantitative estimate of drug-likeness (QED) is 0.656. The zero-order valence-electron chi connectivity index (χ0n) is 16.1. The molecule has 0 aliphatic carbocycles. The van der Waals surface area contributed by atoms with Crippen LogP contribution in [0.5, 0.6) is 17.2 Å². The number of fused-ring (bicyclic) bond motifs is 1. The highest BCUT2D eigenvalue weighted by molar-refractivity contribution is 5.93. The summed E-state index contributed by atoms with van der Waals surface area (Å²) in [6, 6.07) is 10.0. The van der Waals surface area contributed by atoms with Gasteiger partial charge in [0.05, 0.1) is 14.2 Å². The molecular formula is C21H21NO6. The Kier molecular flexibility index (Phi) is 5.54. The minimum Gasteiger partial charge on any atom is -0.493 e. The zero-order chi connectivity index (χ0) is 20.3. The molecule has 28 heavy (non-hydrogen) atoms. The summed E-state index contributed by atoms with van der Waals surface area (Å²) in [5, 5.41) is 3.61. The average molecular weight is 383 g/mol. The molecule has 0 unspecified atom stereocenters. The molecule has 3 rings (SSSR count). The molecule has 0 bridgehead atoms.